The SMILES string of the molecule is O=C1CCCN1Cc1cccc(CNC(=O)C2(n3cccn3)CCNCC2)c1. The molecule has 4 rings (SSSR count). The lowest BCUT2D eigenvalue weighted by molar-refractivity contribution is -0.132. The van der Waals surface area contributed by atoms with Crippen molar-refractivity contribution >= 4 is 11.8 Å². The summed E-state index contributed by atoms with van der Waals surface area (Å²) >= 11 is 0. The molecule has 2 fully saturated rings. The van der Waals surface area contributed by atoms with Crippen LogP contribution in [0, 0.1) is 0 Å². The maximum atomic E-state index is 13.1. The van der Waals surface area contributed by atoms with Crippen molar-refractivity contribution in [2.45, 2.75) is 44.3 Å². The second-order valence-electron chi connectivity index (χ2n) is 7.65. The Hall–Kier alpha value is -2.67. The predicted octanol–water partition coefficient (Wildman–Crippen LogP) is 1.40. The Balaban J connectivity index is 1.42. The van der Waals surface area contributed by atoms with E-state index in [0.717, 1.165) is 50.0 Å². The highest BCUT2D eigenvalue weighted by molar-refractivity contribution is 5.84. The molecule has 1 aromatic carbocycles. The van der Waals surface area contributed by atoms with Crippen LogP contribution in [0.2, 0.25) is 0 Å². The van der Waals surface area contributed by atoms with Crippen molar-refractivity contribution in [3.8, 4) is 0 Å². The number of rotatable bonds is 6. The number of likely N-dealkylation sites (tertiary alicyclic amines) is 1. The molecule has 0 saturated carbocycles. The van der Waals surface area contributed by atoms with Crippen molar-refractivity contribution in [2.24, 2.45) is 0 Å². The molecular formula is C21H27N5O2. The van der Waals surface area contributed by atoms with Crippen LogP contribution in [0.25, 0.3) is 0 Å². The van der Waals surface area contributed by atoms with E-state index in [-0.39, 0.29) is 11.8 Å². The van der Waals surface area contributed by atoms with Gasteiger partial charge in [0.05, 0.1) is 0 Å². The smallest absolute Gasteiger partial charge is 0.248 e. The van der Waals surface area contributed by atoms with Gasteiger partial charge in [0.1, 0.15) is 5.54 Å². The molecule has 2 amide bonds. The van der Waals surface area contributed by atoms with Crippen LogP contribution in [0.15, 0.2) is 42.7 Å². The number of aromatic nitrogens is 2. The lowest BCUT2D eigenvalue weighted by atomic mass is 9.87. The Morgan fingerprint density at radius 3 is 2.75 bits per heavy atom. The lowest BCUT2D eigenvalue weighted by Crippen LogP contribution is -2.54. The predicted molar refractivity (Wildman–Crippen MR) is 105 cm³/mol. The van der Waals surface area contributed by atoms with Gasteiger partial charge in [-0.15, -0.1) is 0 Å². The van der Waals surface area contributed by atoms with Crippen molar-refractivity contribution in [1.82, 2.24) is 25.3 Å². The third kappa shape index (κ3) is 3.80. The number of benzene rings is 1. The number of hydrogen-bond acceptors (Lipinski definition) is 4. The van der Waals surface area contributed by atoms with Crippen molar-refractivity contribution < 1.29 is 9.59 Å². The van der Waals surface area contributed by atoms with Gasteiger partial charge in [0.2, 0.25) is 11.8 Å². The van der Waals surface area contributed by atoms with Crippen LogP contribution in [0.3, 0.4) is 0 Å². The summed E-state index contributed by atoms with van der Waals surface area (Å²) in [7, 11) is 0. The van der Waals surface area contributed by atoms with Crippen LogP contribution >= 0.6 is 0 Å². The van der Waals surface area contributed by atoms with Gasteiger partial charge in [-0.25, -0.2) is 0 Å². The molecule has 28 heavy (non-hydrogen) atoms. The van der Waals surface area contributed by atoms with Gasteiger partial charge < -0.3 is 15.5 Å². The maximum Gasteiger partial charge on any atom is 0.248 e. The summed E-state index contributed by atoms with van der Waals surface area (Å²) in [5, 5.41) is 10.8. The summed E-state index contributed by atoms with van der Waals surface area (Å²) in [6.45, 7) is 3.54. The van der Waals surface area contributed by atoms with Crippen LogP contribution < -0.4 is 10.6 Å². The average Bonchev–Trinajstić information content (AvgIpc) is 3.40. The van der Waals surface area contributed by atoms with Crippen molar-refractivity contribution in [3.63, 3.8) is 0 Å². The van der Waals surface area contributed by atoms with Crippen LogP contribution in [-0.4, -0.2) is 46.1 Å². The Morgan fingerprint density at radius 1 is 1.21 bits per heavy atom. The van der Waals surface area contributed by atoms with E-state index >= 15 is 0 Å². The van der Waals surface area contributed by atoms with Crippen LogP contribution in [0.1, 0.15) is 36.8 Å². The van der Waals surface area contributed by atoms with Crippen LogP contribution in [-0.2, 0) is 28.2 Å². The van der Waals surface area contributed by atoms with Gasteiger partial charge in [-0.05, 0) is 49.5 Å². The molecule has 7 heteroatoms. The van der Waals surface area contributed by atoms with Crippen LogP contribution in [0.5, 0.6) is 0 Å². The zero-order valence-corrected chi connectivity index (χ0v) is 16.1. The first-order valence-electron chi connectivity index (χ1n) is 10.0. The molecule has 2 aromatic rings. The van der Waals surface area contributed by atoms with Gasteiger partial charge in [0.15, 0.2) is 0 Å². The molecule has 0 bridgehead atoms. The second kappa shape index (κ2) is 8.14. The van der Waals surface area contributed by atoms with Gasteiger partial charge in [-0.3, -0.25) is 14.3 Å². The standard InChI is InChI=1S/C21H27N5O2/c27-19-6-2-12-25(19)16-18-5-1-4-17(14-18)15-23-20(28)21(7-10-22-11-8-21)26-13-3-9-24-26/h1,3-5,9,13-14,22H,2,6-8,10-12,15-16H2,(H,23,28). The number of piperidine rings is 1. The Bertz CT molecular complexity index is 827. The number of carbonyl (C=O) groups is 2. The van der Waals surface area contributed by atoms with Gasteiger partial charge in [0, 0.05) is 38.4 Å². The van der Waals surface area contributed by atoms with Gasteiger partial charge in [-0.1, -0.05) is 24.3 Å². The summed E-state index contributed by atoms with van der Waals surface area (Å²) in [4.78, 5) is 26.9. The monoisotopic (exact) mass is 381 g/mol. The fraction of sp³-hybridized carbons (Fsp3) is 0.476. The molecule has 2 N–H and O–H groups in total. The molecule has 148 valence electrons. The Kier molecular flexibility index (Phi) is 5.43. The van der Waals surface area contributed by atoms with E-state index in [1.165, 1.54) is 0 Å². The topological polar surface area (TPSA) is 79.3 Å². The third-order valence-electron chi connectivity index (χ3n) is 5.79. The summed E-state index contributed by atoms with van der Waals surface area (Å²) in [6, 6.07) is 9.98. The Labute approximate surface area is 165 Å². The van der Waals surface area contributed by atoms with Gasteiger partial charge in [-0.2, -0.15) is 5.10 Å². The molecule has 3 heterocycles. The fourth-order valence-corrected chi connectivity index (χ4v) is 4.20. The molecule has 1 aromatic heterocycles. The van der Waals surface area contributed by atoms with E-state index in [0.29, 0.717) is 19.5 Å². The highest BCUT2D eigenvalue weighted by atomic mass is 16.2. The largest absolute Gasteiger partial charge is 0.350 e. The maximum absolute atomic E-state index is 13.1. The first-order valence-corrected chi connectivity index (χ1v) is 10.0. The van der Waals surface area contributed by atoms with Gasteiger partial charge >= 0.3 is 0 Å². The summed E-state index contributed by atoms with van der Waals surface area (Å²) < 4.78 is 1.80. The molecule has 0 aliphatic carbocycles. The number of nitrogens with zero attached hydrogens (tertiary/aromatic N) is 3. The molecule has 0 radical (unpaired) electrons. The minimum Gasteiger partial charge on any atom is -0.350 e. The lowest BCUT2D eigenvalue weighted by Gasteiger charge is -2.36. The van der Waals surface area contributed by atoms with Crippen molar-refractivity contribution in [2.75, 3.05) is 19.6 Å². The van der Waals surface area contributed by atoms with E-state index in [4.69, 9.17) is 0 Å². The molecule has 7 nitrogen and oxygen atoms in total. The number of carbonyl (C=O) groups excluding carboxylic acids is 2. The van der Waals surface area contributed by atoms with E-state index in [9.17, 15) is 9.59 Å². The molecule has 0 atom stereocenters. The van der Waals surface area contributed by atoms with E-state index < -0.39 is 5.54 Å². The first-order chi connectivity index (χ1) is 13.7. The zero-order chi connectivity index (χ0) is 19.4. The zero-order valence-electron chi connectivity index (χ0n) is 16.1. The van der Waals surface area contributed by atoms with Crippen molar-refractivity contribution in [1.29, 1.82) is 0 Å². The highest BCUT2D eigenvalue weighted by Gasteiger charge is 2.41. The second-order valence-corrected chi connectivity index (χ2v) is 7.65. The van der Waals surface area contributed by atoms with E-state index in [2.05, 4.69) is 21.8 Å². The number of nitrogens with one attached hydrogen (secondary N) is 2. The first kappa shape index (κ1) is 18.7. The van der Waals surface area contributed by atoms with Crippen molar-refractivity contribution in [3.05, 3.63) is 53.9 Å². The van der Waals surface area contributed by atoms with E-state index in [1.54, 1.807) is 10.9 Å². The molecular weight excluding hydrogens is 354 g/mol. The molecule has 2 aliphatic rings. The third-order valence-corrected chi connectivity index (χ3v) is 5.79. The summed E-state index contributed by atoms with van der Waals surface area (Å²) in [5.41, 5.74) is 1.52. The minimum atomic E-state index is -0.631. The van der Waals surface area contributed by atoms with Gasteiger partial charge in [0.25, 0.3) is 0 Å². The number of hydrogen-bond donors (Lipinski definition) is 2. The Morgan fingerprint density at radius 2 is 2.04 bits per heavy atom. The summed E-state index contributed by atoms with van der Waals surface area (Å²) in [5.74, 6) is 0.239. The van der Waals surface area contributed by atoms with E-state index in [1.807, 2.05) is 35.4 Å². The number of amides is 2. The summed E-state index contributed by atoms with van der Waals surface area (Å²) in [6.07, 6.45) is 6.63. The highest BCUT2D eigenvalue weighted by Crippen LogP contribution is 2.27. The molecule has 0 unspecified atom stereocenters. The average molecular weight is 381 g/mol. The fourth-order valence-electron chi connectivity index (χ4n) is 4.20. The molecule has 0 spiro atoms. The molecule has 2 aliphatic heterocycles. The quantitative estimate of drug-likeness (QED) is 0.793. The normalized spacial score (nSPS) is 19.0. The molecule has 2 saturated heterocycles. The van der Waals surface area contributed by atoms with Crippen LogP contribution in [0.4, 0.5) is 0 Å². The minimum absolute atomic E-state index is 0.0119.